The first-order valence-corrected chi connectivity index (χ1v) is 10.3. The quantitative estimate of drug-likeness (QED) is 0.890. The van der Waals surface area contributed by atoms with E-state index in [2.05, 4.69) is 36.5 Å². The van der Waals surface area contributed by atoms with Crippen molar-refractivity contribution in [2.75, 3.05) is 19.7 Å². The van der Waals surface area contributed by atoms with Gasteiger partial charge in [0.15, 0.2) is 0 Å². The third-order valence-corrected chi connectivity index (χ3v) is 7.33. The molecule has 2 amide bonds. The lowest BCUT2D eigenvalue weighted by atomic mass is 9.68. The van der Waals surface area contributed by atoms with Gasteiger partial charge in [-0.15, -0.1) is 0 Å². The van der Waals surface area contributed by atoms with E-state index in [1.54, 1.807) is 0 Å². The van der Waals surface area contributed by atoms with Crippen LogP contribution >= 0.6 is 0 Å². The number of alkyl carbamates (subject to hydrolysis) is 1. The Morgan fingerprint density at radius 1 is 1.22 bits per heavy atom. The van der Waals surface area contributed by atoms with Gasteiger partial charge in [0.25, 0.3) is 0 Å². The van der Waals surface area contributed by atoms with Crippen LogP contribution in [0, 0.1) is 5.92 Å². The first-order valence-electron chi connectivity index (χ1n) is 10.3. The maximum absolute atomic E-state index is 12.8. The minimum absolute atomic E-state index is 0.0432. The summed E-state index contributed by atoms with van der Waals surface area (Å²) in [6, 6.07) is 9.15. The molecule has 1 spiro atoms. The molecular weight excluding hydrogens is 340 g/mol. The van der Waals surface area contributed by atoms with Gasteiger partial charge in [0.1, 0.15) is 6.61 Å². The first kappa shape index (κ1) is 17.1. The number of carbonyl (C=O) groups excluding carboxylic acids is 2. The van der Waals surface area contributed by atoms with E-state index in [4.69, 9.17) is 4.74 Å². The van der Waals surface area contributed by atoms with Crippen molar-refractivity contribution < 1.29 is 14.3 Å². The van der Waals surface area contributed by atoms with Gasteiger partial charge in [-0.2, -0.15) is 0 Å². The van der Waals surface area contributed by atoms with Crippen LogP contribution in [0.3, 0.4) is 0 Å². The lowest BCUT2D eigenvalue weighted by Gasteiger charge is -2.45. The molecule has 5 rings (SSSR count). The van der Waals surface area contributed by atoms with E-state index < -0.39 is 0 Å². The van der Waals surface area contributed by atoms with Crippen molar-refractivity contribution in [3.8, 4) is 0 Å². The molecule has 1 aromatic rings. The Kier molecular flexibility index (Phi) is 3.78. The van der Waals surface area contributed by atoms with Gasteiger partial charge >= 0.3 is 6.09 Å². The molecule has 4 aliphatic rings. The standard InChI is InChI=1S/C22H28N2O3/c1-21(7-8-21)18-4-2-3-16(11-18)15-5-9-24(10-6-15)19(25)17-12-22(13-17)14-27-20(26)23-22/h2-4,11,15,17H,5-10,12-14H2,1H3,(H,23,26). The Bertz CT molecular complexity index is 772. The van der Waals surface area contributed by atoms with Crippen LogP contribution in [-0.4, -0.2) is 42.1 Å². The molecule has 5 nitrogen and oxygen atoms in total. The topological polar surface area (TPSA) is 58.6 Å². The van der Waals surface area contributed by atoms with Gasteiger partial charge in [0.05, 0.1) is 5.54 Å². The molecular formula is C22H28N2O3. The number of hydrogen-bond acceptors (Lipinski definition) is 3. The Hall–Kier alpha value is -2.04. The van der Waals surface area contributed by atoms with Crippen LogP contribution in [0.2, 0.25) is 0 Å². The van der Waals surface area contributed by atoms with Crippen LogP contribution in [0.4, 0.5) is 4.79 Å². The summed E-state index contributed by atoms with van der Waals surface area (Å²) >= 11 is 0. The lowest BCUT2D eigenvalue weighted by molar-refractivity contribution is -0.142. The van der Waals surface area contributed by atoms with Crippen LogP contribution in [-0.2, 0) is 14.9 Å². The maximum atomic E-state index is 12.8. The van der Waals surface area contributed by atoms with Crippen molar-refractivity contribution >= 4 is 12.0 Å². The van der Waals surface area contributed by atoms with Gasteiger partial charge in [0.2, 0.25) is 5.91 Å². The van der Waals surface area contributed by atoms with Gasteiger partial charge in [-0.25, -0.2) is 4.79 Å². The van der Waals surface area contributed by atoms with E-state index in [9.17, 15) is 9.59 Å². The average molecular weight is 368 g/mol. The smallest absolute Gasteiger partial charge is 0.407 e. The molecule has 2 saturated heterocycles. The maximum Gasteiger partial charge on any atom is 0.407 e. The largest absolute Gasteiger partial charge is 0.447 e. The number of nitrogens with zero attached hydrogens (tertiary/aromatic N) is 1. The summed E-state index contributed by atoms with van der Waals surface area (Å²) in [5, 5.41) is 2.87. The zero-order chi connectivity index (χ0) is 18.6. The van der Waals surface area contributed by atoms with Gasteiger partial charge in [0, 0.05) is 19.0 Å². The number of amides is 2. The molecule has 0 unspecified atom stereocenters. The Balaban J connectivity index is 1.16. The van der Waals surface area contributed by atoms with E-state index in [1.807, 2.05) is 4.90 Å². The van der Waals surface area contributed by atoms with Crippen molar-refractivity contribution in [1.29, 1.82) is 0 Å². The number of nitrogens with one attached hydrogen (secondary N) is 1. The van der Waals surface area contributed by atoms with Crippen molar-refractivity contribution in [1.82, 2.24) is 10.2 Å². The average Bonchev–Trinajstić information content (AvgIpc) is 3.29. The molecule has 0 radical (unpaired) electrons. The molecule has 2 aliphatic heterocycles. The van der Waals surface area contributed by atoms with Crippen LogP contribution in [0.5, 0.6) is 0 Å². The predicted octanol–water partition coefficient (Wildman–Crippen LogP) is 3.33. The highest BCUT2D eigenvalue weighted by Crippen LogP contribution is 2.48. The fourth-order valence-electron chi connectivity index (χ4n) is 5.11. The minimum atomic E-state index is -0.344. The molecule has 1 N–H and O–H groups in total. The zero-order valence-corrected chi connectivity index (χ0v) is 16.0. The summed E-state index contributed by atoms with van der Waals surface area (Å²) in [4.78, 5) is 26.1. The van der Waals surface area contributed by atoms with E-state index in [0.717, 1.165) is 38.8 Å². The van der Waals surface area contributed by atoms with E-state index >= 15 is 0 Å². The summed E-state index contributed by atoms with van der Waals surface area (Å²) in [7, 11) is 0. The van der Waals surface area contributed by atoms with E-state index in [1.165, 1.54) is 24.0 Å². The number of carbonyl (C=O) groups is 2. The minimum Gasteiger partial charge on any atom is -0.447 e. The zero-order valence-electron chi connectivity index (χ0n) is 16.0. The van der Waals surface area contributed by atoms with Crippen LogP contribution < -0.4 is 5.32 Å². The Morgan fingerprint density at radius 3 is 2.59 bits per heavy atom. The molecule has 2 heterocycles. The molecule has 2 aliphatic carbocycles. The summed E-state index contributed by atoms with van der Waals surface area (Å²) in [6.45, 7) is 4.46. The summed E-state index contributed by atoms with van der Waals surface area (Å²) in [5.74, 6) is 0.868. The number of ether oxygens (including phenoxy) is 1. The van der Waals surface area contributed by atoms with Crippen LogP contribution in [0.25, 0.3) is 0 Å². The highest BCUT2D eigenvalue weighted by atomic mass is 16.6. The summed E-state index contributed by atoms with van der Waals surface area (Å²) in [5.41, 5.74) is 3.07. The van der Waals surface area contributed by atoms with Crippen LogP contribution in [0.1, 0.15) is 62.5 Å². The predicted molar refractivity (Wildman–Crippen MR) is 102 cm³/mol. The van der Waals surface area contributed by atoms with Gasteiger partial charge < -0.3 is 15.0 Å². The SMILES string of the molecule is CC1(c2cccc(C3CCN(C(=O)C4CC5(COC(=O)N5)C4)CC3)c2)CC1. The molecule has 2 saturated carbocycles. The molecule has 0 aromatic heterocycles. The van der Waals surface area contributed by atoms with E-state index in [-0.39, 0.29) is 23.5 Å². The Morgan fingerprint density at radius 2 is 1.96 bits per heavy atom. The molecule has 0 bridgehead atoms. The van der Waals surface area contributed by atoms with Gasteiger partial charge in [-0.3, -0.25) is 4.79 Å². The third-order valence-electron chi connectivity index (χ3n) is 7.33. The summed E-state index contributed by atoms with van der Waals surface area (Å²) < 4.78 is 5.01. The number of benzene rings is 1. The molecule has 0 atom stereocenters. The molecule has 4 fully saturated rings. The number of piperidine rings is 1. The summed E-state index contributed by atoms with van der Waals surface area (Å²) in [6.07, 6.45) is 5.79. The highest BCUT2D eigenvalue weighted by molar-refractivity contribution is 5.81. The molecule has 27 heavy (non-hydrogen) atoms. The fourth-order valence-corrected chi connectivity index (χ4v) is 5.11. The number of cyclic esters (lactones) is 1. The molecule has 5 heteroatoms. The Labute approximate surface area is 160 Å². The van der Waals surface area contributed by atoms with E-state index in [0.29, 0.717) is 17.9 Å². The third kappa shape index (κ3) is 3.01. The monoisotopic (exact) mass is 368 g/mol. The number of likely N-dealkylation sites (tertiary alicyclic amines) is 1. The highest BCUT2D eigenvalue weighted by Gasteiger charge is 2.53. The lowest BCUT2D eigenvalue weighted by Crippen LogP contribution is -2.58. The van der Waals surface area contributed by atoms with Crippen LogP contribution in [0.15, 0.2) is 24.3 Å². The van der Waals surface area contributed by atoms with Crippen molar-refractivity contribution in [2.24, 2.45) is 5.92 Å². The first-order chi connectivity index (χ1) is 13.0. The molecule has 1 aromatic carbocycles. The second-order valence-corrected chi connectivity index (χ2v) is 9.37. The number of hydrogen-bond donors (Lipinski definition) is 1. The normalized spacial score (nSPS) is 32.0. The fraction of sp³-hybridized carbons (Fsp3) is 0.636. The second-order valence-electron chi connectivity index (χ2n) is 9.37. The van der Waals surface area contributed by atoms with Crippen molar-refractivity contribution in [3.63, 3.8) is 0 Å². The van der Waals surface area contributed by atoms with Gasteiger partial charge in [-0.1, -0.05) is 31.2 Å². The molecule has 144 valence electrons. The number of rotatable bonds is 3. The van der Waals surface area contributed by atoms with Gasteiger partial charge in [-0.05, 0) is 61.0 Å². The van der Waals surface area contributed by atoms with Crippen molar-refractivity contribution in [3.05, 3.63) is 35.4 Å². The van der Waals surface area contributed by atoms with Crippen molar-refractivity contribution in [2.45, 2.75) is 62.3 Å². The second kappa shape index (κ2) is 5.98.